The van der Waals surface area contributed by atoms with Gasteiger partial charge in [-0.2, -0.15) is 14.0 Å². The Balaban J connectivity index is 1.72. The number of benzene rings is 2. The zero-order valence-electron chi connectivity index (χ0n) is 16.8. The molecule has 2 unspecified atom stereocenters. The van der Waals surface area contributed by atoms with Crippen molar-refractivity contribution in [2.45, 2.75) is 30.1 Å². The van der Waals surface area contributed by atoms with Gasteiger partial charge in [-0.15, -0.1) is 0 Å². The summed E-state index contributed by atoms with van der Waals surface area (Å²) in [4.78, 5) is 9.81. The summed E-state index contributed by atoms with van der Waals surface area (Å²) in [6, 6.07) is 13.9. The molecule has 2 aromatic rings. The van der Waals surface area contributed by atoms with Crippen molar-refractivity contribution in [1.29, 1.82) is 5.26 Å². The number of halogens is 2. The van der Waals surface area contributed by atoms with Crippen LogP contribution in [-0.4, -0.2) is 42.8 Å². The summed E-state index contributed by atoms with van der Waals surface area (Å²) in [6.07, 6.45) is 0.519. The van der Waals surface area contributed by atoms with Crippen LogP contribution < -0.4 is 10.5 Å². The summed E-state index contributed by atoms with van der Waals surface area (Å²) in [6.45, 7) is 0.108. The van der Waals surface area contributed by atoms with Gasteiger partial charge in [-0.3, -0.25) is 0 Å². The van der Waals surface area contributed by atoms with E-state index in [1.165, 1.54) is 7.05 Å². The molecular formula is C22H20F2N4O3. The highest BCUT2D eigenvalue weighted by molar-refractivity contribution is 5.79. The van der Waals surface area contributed by atoms with Crippen molar-refractivity contribution in [3.05, 3.63) is 53.6 Å². The SMILES string of the molecule is CN1OC2(N=C1N)c1cc(-c3cccc(C#N)c3)ccc1OC1(CCCOC1)C2(F)F. The van der Waals surface area contributed by atoms with Crippen LogP contribution in [0.4, 0.5) is 8.78 Å². The van der Waals surface area contributed by atoms with E-state index in [1.807, 2.05) is 0 Å². The van der Waals surface area contributed by atoms with E-state index < -0.39 is 17.2 Å². The van der Waals surface area contributed by atoms with E-state index in [0.717, 1.165) is 5.06 Å². The molecule has 3 aliphatic rings. The van der Waals surface area contributed by atoms with Gasteiger partial charge >= 0.3 is 5.92 Å². The number of nitrogens with two attached hydrogens (primary N) is 1. The van der Waals surface area contributed by atoms with Crippen LogP contribution in [0.3, 0.4) is 0 Å². The van der Waals surface area contributed by atoms with Gasteiger partial charge < -0.3 is 15.2 Å². The number of guanidine groups is 1. The number of alkyl halides is 2. The molecule has 0 amide bonds. The minimum Gasteiger partial charge on any atom is -0.478 e. The lowest BCUT2D eigenvalue weighted by molar-refractivity contribution is -0.342. The predicted molar refractivity (Wildman–Crippen MR) is 107 cm³/mol. The molecule has 2 aromatic carbocycles. The van der Waals surface area contributed by atoms with E-state index in [9.17, 15) is 5.26 Å². The molecule has 2 spiro atoms. The van der Waals surface area contributed by atoms with Crippen molar-refractivity contribution in [3.63, 3.8) is 0 Å². The van der Waals surface area contributed by atoms with Gasteiger partial charge in [0, 0.05) is 13.7 Å². The lowest BCUT2D eigenvalue weighted by atomic mass is 9.77. The van der Waals surface area contributed by atoms with Crippen LogP contribution in [0, 0.1) is 11.3 Å². The Morgan fingerprint density at radius 1 is 1.19 bits per heavy atom. The summed E-state index contributed by atoms with van der Waals surface area (Å²) in [5.41, 5.74) is 3.42. The number of aliphatic imine (C=N–C) groups is 1. The Morgan fingerprint density at radius 3 is 2.68 bits per heavy atom. The Morgan fingerprint density at radius 2 is 2.00 bits per heavy atom. The predicted octanol–water partition coefficient (Wildman–Crippen LogP) is 3.15. The number of hydrogen-bond donors (Lipinski definition) is 1. The second-order valence-electron chi connectivity index (χ2n) is 7.93. The van der Waals surface area contributed by atoms with Gasteiger partial charge in [0.25, 0.3) is 5.72 Å². The first kappa shape index (κ1) is 19.7. The third-order valence-electron chi connectivity index (χ3n) is 6.04. The van der Waals surface area contributed by atoms with Crippen molar-refractivity contribution in [2.24, 2.45) is 10.7 Å². The van der Waals surface area contributed by atoms with Gasteiger partial charge in [0.15, 0.2) is 0 Å². The van der Waals surface area contributed by atoms with Crippen LogP contribution in [-0.2, 0) is 15.3 Å². The van der Waals surface area contributed by atoms with Crippen LogP contribution >= 0.6 is 0 Å². The normalized spacial score (nSPS) is 28.7. The molecule has 9 heteroatoms. The molecule has 5 rings (SSSR count). The van der Waals surface area contributed by atoms with Crippen molar-refractivity contribution in [2.75, 3.05) is 20.3 Å². The van der Waals surface area contributed by atoms with Crippen molar-refractivity contribution < 1.29 is 23.1 Å². The topological polar surface area (TPSA) is 93.1 Å². The lowest BCUT2D eigenvalue weighted by Gasteiger charge is -2.51. The second kappa shape index (κ2) is 6.64. The van der Waals surface area contributed by atoms with Crippen molar-refractivity contribution >= 4 is 5.96 Å². The molecule has 7 nitrogen and oxygen atoms in total. The monoisotopic (exact) mass is 426 g/mol. The van der Waals surface area contributed by atoms with Crippen molar-refractivity contribution in [3.8, 4) is 22.9 Å². The van der Waals surface area contributed by atoms with Gasteiger partial charge in [-0.1, -0.05) is 18.2 Å². The molecule has 3 heterocycles. The smallest absolute Gasteiger partial charge is 0.344 e. The Kier molecular flexibility index (Phi) is 4.22. The highest BCUT2D eigenvalue weighted by atomic mass is 19.3. The largest absolute Gasteiger partial charge is 0.478 e. The fourth-order valence-corrected chi connectivity index (χ4v) is 4.42. The third kappa shape index (κ3) is 2.65. The summed E-state index contributed by atoms with van der Waals surface area (Å²) >= 11 is 0. The van der Waals surface area contributed by atoms with E-state index in [1.54, 1.807) is 42.5 Å². The molecule has 1 fully saturated rings. The Labute approximate surface area is 177 Å². The van der Waals surface area contributed by atoms with Gasteiger partial charge in [-0.25, -0.2) is 14.9 Å². The zero-order valence-corrected chi connectivity index (χ0v) is 16.8. The third-order valence-corrected chi connectivity index (χ3v) is 6.04. The van der Waals surface area contributed by atoms with Gasteiger partial charge in [0.1, 0.15) is 5.75 Å². The quantitative estimate of drug-likeness (QED) is 0.753. The highest BCUT2D eigenvalue weighted by Crippen LogP contribution is 2.60. The molecule has 0 saturated carbocycles. The molecule has 31 heavy (non-hydrogen) atoms. The van der Waals surface area contributed by atoms with E-state index >= 15 is 8.78 Å². The maximum Gasteiger partial charge on any atom is 0.344 e. The molecule has 0 aliphatic carbocycles. The van der Waals surface area contributed by atoms with Crippen LogP contribution in [0.1, 0.15) is 24.0 Å². The molecule has 160 valence electrons. The summed E-state index contributed by atoms with van der Waals surface area (Å²) < 4.78 is 43.8. The number of nitrogens with zero attached hydrogens (tertiary/aromatic N) is 3. The van der Waals surface area contributed by atoms with Gasteiger partial charge in [-0.05, 0) is 48.2 Å². The van der Waals surface area contributed by atoms with E-state index in [-0.39, 0.29) is 30.3 Å². The standard InChI is InChI=1S/C22H20F2N4O3/c1-28-19(26)27-21(31-28)17-11-16(15-5-2-4-14(10-15)12-25)6-7-18(17)30-20(22(21,23)24)8-3-9-29-13-20/h2,4-7,10-11H,3,8-9,13H2,1H3,(H2,26,27). The van der Waals surface area contributed by atoms with Crippen LogP contribution in [0.5, 0.6) is 5.75 Å². The molecular weight excluding hydrogens is 406 g/mol. The second-order valence-corrected chi connectivity index (χ2v) is 7.93. The summed E-state index contributed by atoms with van der Waals surface area (Å²) in [5, 5.41) is 10.2. The minimum atomic E-state index is -3.57. The average molecular weight is 426 g/mol. The first-order valence-corrected chi connectivity index (χ1v) is 9.90. The van der Waals surface area contributed by atoms with Crippen molar-refractivity contribution in [1.82, 2.24) is 5.06 Å². The number of hydroxylamine groups is 2. The van der Waals surface area contributed by atoms with Crippen LogP contribution in [0.15, 0.2) is 47.5 Å². The highest BCUT2D eigenvalue weighted by Gasteiger charge is 2.76. The maximum atomic E-state index is 16.2. The van der Waals surface area contributed by atoms with Gasteiger partial charge in [0.2, 0.25) is 11.6 Å². The minimum absolute atomic E-state index is 0.0702. The van der Waals surface area contributed by atoms with E-state index in [2.05, 4.69) is 11.1 Å². The maximum absolute atomic E-state index is 16.2. The Bertz CT molecular complexity index is 1120. The molecule has 0 bridgehead atoms. The first-order chi connectivity index (χ1) is 14.8. The number of nitriles is 1. The zero-order chi connectivity index (χ0) is 21.9. The van der Waals surface area contributed by atoms with Gasteiger partial charge in [0.05, 0.1) is 23.8 Å². The first-order valence-electron chi connectivity index (χ1n) is 9.90. The number of ether oxygens (including phenoxy) is 2. The fraction of sp³-hybridized carbons (Fsp3) is 0.364. The van der Waals surface area contributed by atoms with E-state index in [0.29, 0.717) is 29.7 Å². The van der Waals surface area contributed by atoms with E-state index in [4.69, 9.17) is 20.0 Å². The lowest BCUT2D eigenvalue weighted by Crippen LogP contribution is -2.69. The molecule has 0 aromatic heterocycles. The summed E-state index contributed by atoms with van der Waals surface area (Å²) in [5.74, 6) is -3.49. The van der Waals surface area contributed by atoms with Crippen LogP contribution in [0.2, 0.25) is 0 Å². The Hall–Kier alpha value is -3.22. The number of hydrogen-bond acceptors (Lipinski definition) is 7. The average Bonchev–Trinajstić information content (AvgIpc) is 3.09. The molecule has 2 N–H and O–H groups in total. The molecule has 2 atom stereocenters. The van der Waals surface area contributed by atoms with Crippen LogP contribution in [0.25, 0.3) is 11.1 Å². The molecule has 1 saturated heterocycles. The number of rotatable bonds is 1. The molecule has 3 aliphatic heterocycles. The molecule has 0 radical (unpaired) electrons. The number of fused-ring (bicyclic) bond motifs is 2. The fourth-order valence-electron chi connectivity index (χ4n) is 4.42. The summed E-state index contributed by atoms with van der Waals surface area (Å²) in [7, 11) is 1.43.